The molecule has 0 aliphatic heterocycles. The quantitative estimate of drug-likeness (QED) is 0.0286. The van der Waals surface area contributed by atoms with Gasteiger partial charge in [-0.2, -0.15) is 0 Å². The van der Waals surface area contributed by atoms with E-state index in [9.17, 15) is 14.3 Å². The predicted octanol–water partition coefficient (Wildman–Crippen LogP) is 11.0. The number of esters is 1. The van der Waals surface area contributed by atoms with E-state index in [1.807, 2.05) is 0 Å². The molecule has 0 aromatic heterocycles. The van der Waals surface area contributed by atoms with Gasteiger partial charge in [0, 0.05) is 19.6 Å². The fraction of sp³-hybridized carbons (Fsp3) is 0.725. The molecule has 49 heavy (non-hydrogen) atoms. The molecule has 2 unspecified atom stereocenters. The van der Waals surface area contributed by atoms with Crippen LogP contribution < -0.4 is 5.73 Å². The van der Waals surface area contributed by atoms with E-state index in [2.05, 4.69) is 74.6 Å². The Balaban J connectivity index is 4.17. The highest BCUT2D eigenvalue weighted by atomic mass is 31.2. The molecule has 0 saturated carbocycles. The molecule has 0 bridgehead atoms. The summed E-state index contributed by atoms with van der Waals surface area (Å²) in [6.45, 7) is 4.69. The first-order chi connectivity index (χ1) is 23.9. The molecule has 0 aromatic rings. The number of phosphoric ester groups is 1. The number of nitrogens with two attached hydrogens (primary N) is 1. The summed E-state index contributed by atoms with van der Waals surface area (Å²) >= 11 is 0. The molecule has 3 N–H and O–H groups in total. The number of phosphoric acid groups is 1. The Morgan fingerprint density at radius 2 is 1.14 bits per heavy atom. The summed E-state index contributed by atoms with van der Waals surface area (Å²) in [7, 11) is -4.28. The maximum Gasteiger partial charge on any atom is 0.472 e. The van der Waals surface area contributed by atoms with E-state index in [0.29, 0.717) is 13.0 Å². The number of carbonyl (C=O) groups excluding carboxylic acids is 1. The van der Waals surface area contributed by atoms with E-state index in [1.165, 1.54) is 32.1 Å². The number of carbonyl (C=O) groups is 1. The van der Waals surface area contributed by atoms with E-state index < -0.39 is 13.9 Å². The molecule has 284 valence electrons. The third kappa shape index (κ3) is 37.3. The van der Waals surface area contributed by atoms with Crippen molar-refractivity contribution in [2.45, 2.75) is 155 Å². The lowest BCUT2D eigenvalue weighted by molar-refractivity contribution is -0.154. The molecule has 0 spiro atoms. The summed E-state index contributed by atoms with van der Waals surface area (Å²) in [5, 5.41) is 0. The second kappa shape index (κ2) is 37.5. The van der Waals surface area contributed by atoms with Crippen molar-refractivity contribution < 1.29 is 32.8 Å². The highest BCUT2D eigenvalue weighted by Crippen LogP contribution is 2.43. The minimum absolute atomic E-state index is 0.0911. The fourth-order valence-electron chi connectivity index (χ4n) is 4.86. The molecule has 0 aliphatic carbocycles. The van der Waals surface area contributed by atoms with Gasteiger partial charge in [0.15, 0.2) is 0 Å². The Hall–Kier alpha value is -1.80. The van der Waals surface area contributed by atoms with Crippen molar-refractivity contribution in [3.05, 3.63) is 60.8 Å². The average Bonchev–Trinajstić information content (AvgIpc) is 3.09. The summed E-state index contributed by atoms with van der Waals surface area (Å²) in [6.07, 6.45) is 43.7. The zero-order chi connectivity index (χ0) is 35.9. The molecule has 0 saturated heterocycles. The third-order valence-electron chi connectivity index (χ3n) is 7.67. The second-order valence-electron chi connectivity index (χ2n) is 12.4. The maximum atomic E-state index is 12.5. The topological polar surface area (TPSA) is 117 Å². The van der Waals surface area contributed by atoms with Gasteiger partial charge in [0.05, 0.1) is 19.8 Å². The normalized spacial score (nSPS) is 14.3. The molecule has 2 atom stereocenters. The van der Waals surface area contributed by atoms with Gasteiger partial charge in [-0.3, -0.25) is 13.8 Å². The van der Waals surface area contributed by atoms with E-state index in [0.717, 1.165) is 96.3 Å². The molecule has 9 heteroatoms. The Labute approximate surface area is 300 Å². The van der Waals surface area contributed by atoms with E-state index in [4.69, 9.17) is 24.3 Å². The molecule has 0 aliphatic rings. The van der Waals surface area contributed by atoms with Crippen molar-refractivity contribution in [3.63, 3.8) is 0 Å². The molecule has 0 radical (unpaired) electrons. The number of hydrogen-bond donors (Lipinski definition) is 2. The second-order valence-corrected chi connectivity index (χ2v) is 13.9. The van der Waals surface area contributed by atoms with Crippen LogP contribution in [0, 0.1) is 0 Å². The highest BCUT2D eigenvalue weighted by molar-refractivity contribution is 7.47. The van der Waals surface area contributed by atoms with Crippen LogP contribution in [0.1, 0.15) is 149 Å². The summed E-state index contributed by atoms with van der Waals surface area (Å²) in [4.78, 5) is 22.4. The summed E-state index contributed by atoms with van der Waals surface area (Å²) in [5.41, 5.74) is 5.35. The van der Waals surface area contributed by atoms with Gasteiger partial charge in [0.1, 0.15) is 6.10 Å². The highest BCUT2D eigenvalue weighted by Gasteiger charge is 2.25. The van der Waals surface area contributed by atoms with Crippen LogP contribution in [-0.2, 0) is 27.9 Å². The molecular formula is C40H72NO7P. The SMILES string of the molecule is CC/C=C\C/C=C\C/C=C\CCCCCCOCC(COP(=O)(O)OCCN)OC(=O)CCCCCCC/C=C\C/C=C\CCCCCC. The monoisotopic (exact) mass is 710 g/mol. The van der Waals surface area contributed by atoms with Crippen LogP contribution in [0.2, 0.25) is 0 Å². The summed E-state index contributed by atoms with van der Waals surface area (Å²) in [6, 6.07) is 0. The van der Waals surface area contributed by atoms with Crippen LogP contribution in [0.25, 0.3) is 0 Å². The lowest BCUT2D eigenvalue weighted by Gasteiger charge is -2.20. The minimum Gasteiger partial charge on any atom is -0.457 e. The first kappa shape index (κ1) is 47.2. The fourth-order valence-corrected chi connectivity index (χ4v) is 5.63. The number of unbranched alkanes of at least 4 members (excludes halogenated alkanes) is 13. The molecule has 0 aromatic carbocycles. The first-order valence-electron chi connectivity index (χ1n) is 19.3. The maximum absolute atomic E-state index is 12.5. The summed E-state index contributed by atoms with van der Waals surface area (Å²) in [5.74, 6) is -0.355. The minimum atomic E-state index is -4.28. The molecule has 0 fully saturated rings. The molecule has 0 amide bonds. The molecule has 8 nitrogen and oxygen atoms in total. The standard InChI is InChI=1S/C40H72NO7P/c1-3-5-7-9-11-13-15-17-19-20-21-23-25-27-29-31-33-40(42)48-39(38-47-49(43,44)46-36-34-41)37-45-35-32-30-28-26-24-22-18-16-14-12-10-8-6-4-2/h6,8,12-15,18-20,22,39H,3-5,7,9-11,16-17,21,23-38,41H2,1-2H3,(H,43,44)/b8-6-,14-12-,15-13-,20-19-,22-18-. The number of allylic oxidation sites excluding steroid dienone is 10. The Morgan fingerprint density at radius 1 is 0.633 bits per heavy atom. The Kier molecular flexibility index (Phi) is 36.1. The van der Waals surface area contributed by atoms with Crippen LogP contribution >= 0.6 is 7.82 Å². The van der Waals surface area contributed by atoms with Gasteiger partial charge >= 0.3 is 13.8 Å². The zero-order valence-corrected chi connectivity index (χ0v) is 32.1. The van der Waals surface area contributed by atoms with Crippen LogP contribution in [0.5, 0.6) is 0 Å². The molecule has 0 rings (SSSR count). The van der Waals surface area contributed by atoms with Crippen molar-refractivity contribution in [1.82, 2.24) is 0 Å². The van der Waals surface area contributed by atoms with Crippen molar-refractivity contribution in [3.8, 4) is 0 Å². The largest absolute Gasteiger partial charge is 0.472 e. The van der Waals surface area contributed by atoms with E-state index in [1.54, 1.807) is 0 Å². The van der Waals surface area contributed by atoms with Crippen LogP contribution in [-0.4, -0.2) is 49.9 Å². The Bertz CT molecular complexity index is 932. The van der Waals surface area contributed by atoms with Crippen LogP contribution in [0.4, 0.5) is 0 Å². The van der Waals surface area contributed by atoms with Gasteiger partial charge in [-0.15, -0.1) is 0 Å². The van der Waals surface area contributed by atoms with Crippen LogP contribution in [0.15, 0.2) is 60.8 Å². The number of ether oxygens (including phenoxy) is 2. The molecular weight excluding hydrogens is 637 g/mol. The van der Waals surface area contributed by atoms with Gasteiger partial charge in [0.25, 0.3) is 0 Å². The summed E-state index contributed by atoms with van der Waals surface area (Å²) < 4.78 is 33.3. The number of rotatable bonds is 36. The van der Waals surface area contributed by atoms with Crippen LogP contribution in [0.3, 0.4) is 0 Å². The smallest absolute Gasteiger partial charge is 0.457 e. The van der Waals surface area contributed by atoms with E-state index in [-0.39, 0.29) is 32.3 Å². The van der Waals surface area contributed by atoms with Gasteiger partial charge < -0.3 is 20.1 Å². The van der Waals surface area contributed by atoms with Crippen molar-refractivity contribution in [1.29, 1.82) is 0 Å². The first-order valence-corrected chi connectivity index (χ1v) is 20.8. The van der Waals surface area contributed by atoms with Crippen molar-refractivity contribution >= 4 is 13.8 Å². The van der Waals surface area contributed by atoms with Gasteiger partial charge in [-0.05, 0) is 77.0 Å². The van der Waals surface area contributed by atoms with E-state index >= 15 is 0 Å². The zero-order valence-electron chi connectivity index (χ0n) is 31.2. The number of hydrogen-bond acceptors (Lipinski definition) is 7. The average molecular weight is 710 g/mol. The molecule has 0 heterocycles. The lowest BCUT2D eigenvalue weighted by atomic mass is 10.1. The van der Waals surface area contributed by atoms with Crippen molar-refractivity contribution in [2.24, 2.45) is 5.73 Å². The Morgan fingerprint density at radius 3 is 1.71 bits per heavy atom. The lowest BCUT2D eigenvalue weighted by Crippen LogP contribution is -2.28. The van der Waals surface area contributed by atoms with Gasteiger partial charge in [-0.1, -0.05) is 126 Å². The van der Waals surface area contributed by atoms with Crippen molar-refractivity contribution in [2.75, 3.05) is 33.0 Å². The van der Waals surface area contributed by atoms with Gasteiger partial charge in [-0.25, -0.2) is 4.57 Å². The van der Waals surface area contributed by atoms with Gasteiger partial charge in [0.2, 0.25) is 0 Å². The third-order valence-corrected chi connectivity index (χ3v) is 8.65. The predicted molar refractivity (Wildman–Crippen MR) is 205 cm³/mol.